The standard InChI is InChI=1S/C16H22ClN3O/c1-20-12-3-4-13(20)7-10(6-12)9-19-16(21)14-5-2-11(18)8-15(14)17/h2,5,8,10,12-13H,3-4,6-7,9,18H2,1H3,(H,19,21). The van der Waals surface area contributed by atoms with E-state index in [2.05, 4.69) is 17.3 Å². The third-order valence-corrected chi connectivity index (χ3v) is 5.30. The molecule has 114 valence electrons. The third-order valence-electron chi connectivity index (χ3n) is 4.98. The first-order valence-corrected chi connectivity index (χ1v) is 7.97. The van der Waals surface area contributed by atoms with Crippen molar-refractivity contribution in [2.24, 2.45) is 5.92 Å². The Kier molecular flexibility index (Phi) is 4.09. The number of benzene rings is 1. The molecule has 1 aromatic carbocycles. The van der Waals surface area contributed by atoms with Gasteiger partial charge in [0.1, 0.15) is 0 Å². The Hall–Kier alpha value is -1.26. The zero-order valence-corrected chi connectivity index (χ0v) is 13.1. The summed E-state index contributed by atoms with van der Waals surface area (Å²) in [5.41, 5.74) is 6.72. The number of piperidine rings is 1. The smallest absolute Gasteiger partial charge is 0.252 e. The zero-order chi connectivity index (χ0) is 15.0. The van der Waals surface area contributed by atoms with Crippen LogP contribution in [-0.4, -0.2) is 36.5 Å². The molecule has 2 heterocycles. The monoisotopic (exact) mass is 307 g/mol. The van der Waals surface area contributed by atoms with Gasteiger partial charge >= 0.3 is 0 Å². The average Bonchev–Trinajstić information content (AvgIpc) is 2.67. The van der Waals surface area contributed by atoms with E-state index in [0.717, 1.165) is 6.54 Å². The van der Waals surface area contributed by atoms with Gasteiger partial charge in [0, 0.05) is 24.3 Å². The SMILES string of the molecule is CN1C2CCC1CC(CNC(=O)c1ccc(N)cc1Cl)C2. The molecule has 2 atom stereocenters. The number of hydrogen-bond donors (Lipinski definition) is 2. The van der Waals surface area contributed by atoms with E-state index in [1.165, 1.54) is 25.7 Å². The summed E-state index contributed by atoms with van der Waals surface area (Å²) in [5.74, 6) is 0.474. The van der Waals surface area contributed by atoms with Crippen LogP contribution in [0.2, 0.25) is 5.02 Å². The largest absolute Gasteiger partial charge is 0.399 e. The van der Waals surface area contributed by atoms with E-state index in [1.807, 2.05) is 0 Å². The van der Waals surface area contributed by atoms with Crippen LogP contribution in [0, 0.1) is 5.92 Å². The maximum atomic E-state index is 12.2. The van der Waals surface area contributed by atoms with E-state index in [9.17, 15) is 4.79 Å². The predicted molar refractivity (Wildman–Crippen MR) is 85.5 cm³/mol. The summed E-state index contributed by atoms with van der Waals surface area (Å²) in [4.78, 5) is 14.7. The number of rotatable bonds is 3. The number of nitrogens with zero attached hydrogens (tertiary/aromatic N) is 1. The van der Waals surface area contributed by atoms with Gasteiger partial charge in [0.05, 0.1) is 10.6 Å². The number of amides is 1. The molecule has 3 N–H and O–H groups in total. The van der Waals surface area contributed by atoms with Crippen LogP contribution in [0.1, 0.15) is 36.0 Å². The number of carbonyl (C=O) groups excluding carboxylic acids is 1. The van der Waals surface area contributed by atoms with Crippen LogP contribution in [0.5, 0.6) is 0 Å². The topological polar surface area (TPSA) is 58.4 Å². The highest BCUT2D eigenvalue weighted by molar-refractivity contribution is 6.34. The predicted octanol–water partition coefficient (Wildman–Crippen LogP) is 2.52. The van der Waals surface area contributed by atoms with E-state index in [-0.39, 0.29) is 5.91 Å². The van der Waals surface area contributed by atoms with Crippen molar-refractivity contribution in [2.45, 2.75) is 37.8 Å². The maximum Gasteiger partial charge on any atom is 0.252 e. The lowest BCUT2D eigenvalue weighted by Crippen LogP contribution is -2.43. The molecule has 5 heteroatoms. The second kappa shape index (κ2) is 5.85. The molecule has 1 aromatic rings. The highest BCUT2D eigenvalue weighted by atomic mass is 35.5. The van der Waals surface area contributed by atoms with E-state index >= 15 is 0 Å². The van der Waals surface area contributed by atoms with Gasteiger partial charge in [0.2, 0.25) is 0 Å². The Bertz CT molecular complexity index is 534. The molecule has 4 nitrogen and oxygen atoms in total. The molecule has 1 amide bonds. The second-order valence-corrected chi connectivity index (χ2v) is 6.74. The number of nitrogens with one attached hydrogen (secondary N) is 1. The first-order chi connectivity index (χ1) is 10.0. The Morgan fingerprint density at radius 1 is 1.38 bits per heavy atom. The molecule has 2 aliphatic heterocycles. The number of carbonyl (C=O) groups is 1. The fourth-order valence-corrected chi connectivity index (χ4v) is 4.01. The number of halogens is 1. The van der Waals surface area contributed by atoms with Gasteiger partial charge in [-0.3, -0.25) is 4.79 Å². The van der Waals surface area contributed by atoms with Crippen LogP contribution >= 0.6 is 11.6 Å². The Balaban J connectivity index is 1.57. The highest BCUT2D eigenvalue weighted by Gasteiger charge is 2.38. The minimum Gasteiger partial charge on any atom is -0.399 e. The molecule has 0 radical (unpaired) electrons. The molecule has 0 saturated carbocycles. The number of fused-ring (bicyclic) bond motifs is 2. The summed E-state index contributed by atoms with van der Waals surface area (Å²) >= 11 is 6.07. The molecule has 0 spiro atoms. The molecule has 2 saturated heterocycles. The summed E-state index contributed by atoms with van der Waals surface area (Å²) < 4.78 is 0. The molecule has 2 unspecified atom stereocenters. The average molecular weight is 308 g/mol. The molecule has 0 aliphatic carbocycles. The first-order valence-electron chi connectivity index (χ1n) is 7.59. The Morgan fingerprint density at radius 3 is 2.67 bits per heavy atom. The van der Waals surface area contributed by atoms with Crippen LogP contribution in [0.4, 0.5) is 5.69 Å². The maximum absolute atomic E-state index is 12.2. The van der Waals surface area contributed by atoms with Crippen molar-refractivity contribution in [1.29, 1.82) is 0 Å². The van der Waals surface area contributed by atoms with Gasteiger partial charge in [-0.15, -0.1) is 0 Å². The van der Waals surface area contributed by atoms with E-state index in [4.69, 9.17) is 17.3 Å². The van der Waals surface area contributed by atoms with Crippen LogP contribution in [0.3, 0.4) is 0 Å². The van der Waals surface area contributed by atoms with Gasteiger partial charge in [0.15, 0.2) is 0 Å². The van der Waals surface area contributed by atoms with Gasteiger partial charge in [-0.1, -0.05) is 11.6 Å². The van der Waals surface area contributed by atoms with Crippen molar-refractivity contribution in [3.63, 3.8) is 0 Å². The first kappa shape index (κ1) is 14.7. The van der Waals surface area contributed by atoms with E-state index < -0.39 is 0 Å². The number of hydrogen-bond acceptors (Lipinski definition) is 3. The number of anilines is 1. The van der Waals surface area contributed by atoms with Gasteiger partial charge in [-0.25, -0.2) is 0 Å². The lowest BCUT2D eigenvalue weighted by Gasteiger charge is -2.36. The summed E-state index contributed by atoms with van der Waals surface area (Å²) in [6.07, 6.45) is 4.97. The summed E-state index contributed by atoms with van der Waals surface area (Å²) in [6, 6.07) is 6.41. The summed E-state index contributed by atoms with van der Waals surface area (Å²) in [5, 5.41) is 3.44. The fourth-order valence-electron chi connectivity index (χ4n) is 3.74. The number of nitrogens with two attached hydrogens (primary N) is 1. The van der Waals surface area contributed by atoms with Gasteiger partial charge in [-0.05, 0) is 56.8 Å². The van der Waals surface area contributed by atoms with Gasteiger partial charge in [-0.2, -0.15) is 0 Å². The lowest BCUT2D eigenvalue weighted by molar-refractivity contribution is 0.0917. The molecule has 0 aromatic heterocycles. The lowest BCUT2D eigenvalue weighted by atomic mass is 9.91. The van der Waals surface area contributed by atoms with E-state index in [1.54, 1.807) is 18.2 Å². The molecular formula is C16H22ClN3O. The minimum absolute atomic E-state index is 0.105. The molecule has 21 heavy (non-hydrogen) atoms. The van der Waals surface area contributed by atoms with Crippen molar-refractivity contribution in [2.75, 3.05) is 19.3 Å². The van der Waals surface area contributed by atoms with Crippen molar-refractivity contribution in [3.8, 4) is 0 Å². The summed E-state index contributed by atoms with van der Waals surface area (Å²) in [7, 11) is 2.23. The summed E-state index contributed by atoms with van der Waals surface area (Å²) in [6.45, 7) is 0.736. The Morgan fingerprint density at radius 2 is 2.05 bits per heavy atom. The zero-order valence-electron chi connectivity index (χ0n) is 12.3. The van der Waals surface area contributed by atoms with Crippen LogP contribution < -0.4 is 11.1 Å². The normalized spacial score (nSPS) is 28.6. The quantitative estimate of drug-likeness (QED) is 0.844. The van der Waals surface area contributed by atoms with Gasteiger partial charge < -0.3 is 16.0 Å². The highest BCUT2D eigenvalue weighted by Crippen LogP contribution is 2.37. The van der Waals surface area contributed by atoms with Gasteiger partial charge in [0.25, 0.3) is 5.91 Å². The third kappa shape index (κ3) is 3.01. The molecule has 2 aliphatic rings. The van der Waals surface area contributed by atoms with Crippen molar-refractivity contribution in [3.05, 3.63) is 28.8 Å². The number of nitrogen functional groups attached to an aromatic ring is 1. The molecular weight excluding hydrogens is 286 g/mol. The molecule has 2 fully saturated rings. The van der Waals surface area contributed by atoms with Crippen molar-refractivity contribution in [1.82, 2.24) is 10.2 Å². The molecule has 3 rings (SSSR count). The minimum atomic E-state index is -0.105. The molecule has 2 bridgehead atoms. The fraction of sp³-hybridized carbons (Fsp3) is 0.562. The Labute approximate surface area is 130 Å². The van der Waals surface area contributed by atoms with E-state index in [0.29, 0.717) is 34.3 Å². The second-order valence-electron chi connectivity index (χ2n) is 6.34. The van der Waals surface area contributed by atoms with Crippen molar-refractivity contribution < 1.29 is 4.79 Å². The van der Waals surface area contributed by atoms with Crippen molar-refractivity contribution >= 4 is 23.2 Å². The van der Waals surface area contributed by atoms with Crippen LogP contribution in [-0.2, 0) is 0 Å². The van der Waals surface area contributed by atoms with Crippen LogP contribution in [0.15, 0.2) is 18.2 Å². The van der Waals surface area contributed by atoms with Crippen LogP contribution in [0.25, 0.3) is 0 Å².